The minimum Gasteiger partial charge on any atom is -0.335 e. The molecule has 1 fully saturated rings. The van der Waals surface area contributed by atoms with E-state index in [0.29, 0.717) is 49.6 Å². The van der Waals surface area contributed by atoms with Gasteiger partial charge >= 0.3 is 0 Å². The quantitative estimate of drug-likeness (QED) is 0.634. The highest BCUT2D eigenvalue weighted by Gasteiger charge is 2.25. The largest absolute Gasteiger partial charge is 0.335 e. The van der Waals surface area contributed by atoms with Crippen molar-refractivity contribution < 1.29 is 13.6 Å². The summed E-state index contributed by atoms with van der Waals surface area (Å²) in [4.78, 5) is 20.6. The van der Waals surface area contributed by atoms with Crippen molar-refractivity contribution in [3.05, 3.63) is 64.0 Å². The lowest BCUT2D eigenvalue weighted by molar-refractivity contribution is 0.0620. The van der Waals surface area contributed by atoms with Gasteiger partial charge in [-0.1, -0.05) is 12.1 Å². The van der Waals surface area contributed by atoms with Gasteiger partial charge in [0.15, 0.2) is 23.0 Å². The number of piperazine rings is 1. The van der Waals surface area contributed by atoms with Gasteiger partial charge in [-0.3, -0.25) is 9.69 Å². The van der Waals surface area contributed by atoms with Crippen molar-refractivity contribution >= 4 is 27.5 Å². The molecule has 0 bridgehead atoms. The molecule has 3 heterocycles. The Hall–Kier alpha value is -2.39. The summed E-state index contributed by atoms with van der Waals surface area (Å²) < 4.78 is 29.5. The van der Waals surface area contributed by atoms with Gasteiger partial charge in [-0.15, -0.1) is 0 Å². The molecule has 0 aliphatic carbocycles. The van der Waals surface area contributed by atoms with Crippen molar-refractivity contribution in [2.45, 2.75) is 6.54 Å². The zero-order valence-corrected chi connectivity index (χ0v) is 15.9. The van der Waals surface area contributed by atoms with Gasteiger partial charge in [-0.05, 0) is 22.0 Å². The molecule has 1 aliphatic rings. The van der Waals surface area contributed by atoms with Crippen molar-refractivity contribution in [3.63, 3.8) is 0 Å². The third-order valence-electron chi connectivity index (χ3n) is 4.59. The van der Waals surface area contributed by atoms with E-state index >= 15 is 0 Å². The standard InChI is InChI=1S/C18H16BrF2N5O/c19-13-9-22-16-8-15(23-26(16)11-13)18(27)25-6-4-24(5-7-25)10-12-2-1-3-14(20)17(12)21/h1-3,8-9,11H,4-7,10H2. The highest BCUT2D eigenvalue weighted by Crippen LogP contribution is 2.16. The Balaban J connectivity index is 1.40. The lowest BCUT2D eigenvalue weighted by atomic mass is 10.1. The molecule has 1 amide bonds. The summed E-state index contributed by atoms with van der Waals surface area (Å²) in [6, 6.07) is 5.85. The highest BCUT2D eigenvalue weighted by molar-refractivity contribution is 9.10. The Kier molecular flexibility index (Phi) is 4.88. The Bertz CT molecular complexity index is 1000. The molecule has 1 saturated heterocycles. The molecule has 1 aromatic carbocycles. The zero-order valence-electron chi connectivity index (χ0n) is 14.3. The second-order valence-corrected chi connectivity index (χ2v) is 7.30. The van der Waals surface area contributed by atoms with Crippen LogP contribution in [0.3, 0.4) is 0 Å². The molecular formula is C18H16BrF2N5O. The molecule has 1 aliphatic heterocycles. The summed E-state index contributed by atoms with van der Waals surface area (Å²) >= 11 is 3.32. The summed E-state index contributed by atoms with van der Waals surface area (Å²) in [5.41, 5.74) is 1.26. The predicted molar refractivity (Wildman–Crippen MR) is 98.2 cm³/mol. The molecule has 2 aromatic heterocycles. The van der Waals surface area contributed by atoms with Crippen molar-refractivity contribution in [3.8, 4) is 0 Å². The van der Waals surface area contributed by atoms with Gasteiger partial charge in [-0.2, -0.15) is 5.10 Å². The van der Waals surface area contributed by atoms with E-state index < -0.39 is 11.6 Å². The van der Waals surface area contributed by atoms with Crippen LogP contribution in [0.15, 0.2) is 41.1 Å². The average molecular weight is 436 g/mol. The van der Waals surface area contributed by atoms with Crippen LogP contribution in [0.1, 0.15) is 16.1 Å². The first-order valence-electron chi connectivity index (χ1n) is 8.47. The first kappa shape index (κ1) is 18.0. The molecule has 6 nitrogen and oxygen atoms in total. The van der Waals surface area contributed by atoms with E-state index in [4.69, 9.17) is 0 Å². The Morgan fingerprint density at radius 2 is 1.96 bits per heavy atom. The van der Waals surface area contributed by atoms with E-state index in [1.165, 1.54) is 6.07 Å². The first-order valence-corrected chi connectivity index (χ1v) is 9.26. The van der Waals surface area contributed by atoms with Crippen LogP contribution in [-0.4, -0.2) is 56.5 Å². The van der Waals surface area contributed by atoms with Crippen LogP contribution in [-0.2, 0) is 6.54 Å². The maximum Gasteiger partial charge on any atom is 0.274 e. The number of benzene rings is 1. The minimum atomic E-state index is -0.839. The van der Waals surface area contributed by atoms with E-state index in [9.17, 15) is 13.6 Å². The number of carbonyl (C=O) groups excluding carboxylic acids is 1. The molecule has 0 N–H and O–H groups in total. The fourth-order valence-electron chi connectivity index (χ4n) is 3.14. The van der Waals surface area contributed by atoms with Gasteiger partial charge in [-0.25, -0.2) is 18.3 Å². The fourth-order valence-corrected chi connectivity index (χ4v) is 3.44. The molecule has 0 unspecified atom stereocenters. The fraction of sp³-hybridized carbons (Fsp3) is 0.278. The minimum absolute atomic E-state index is 0.159. The molecule has 3 aromatic rings. The van der Waals surface area contributed by atoms with Crippen LogP contribution in [0.4, 0.5) is 8.78 Å². The van der Waals surface area contributed by atoms with Gasteiger partial charge in [0.05, 0.1) is 4.47 Å². The smallest absolute Gasteiger partial charge is 0.274 e. The maximum atomic E-state index is 13.8. The SMILES string of the molecule is O=C(c1cc2ncc(Br)cn2n1)N1CCN(Cc2cccc(F)c2F)CC1. The van der Waals surface area contributed by atoms with Gasteiger partial charge in [0.25, 0.3) is 5.91 Å². The number of carbonyl (C=O) groups is 1. The summed E-state index contributed by atoms with van der Waals surface area (Å²) in [5.74, 6) is -1.80. The molecule has 0 radical (unpaired) electrons. The van der Waals surface area contributed by atoms with Gasteiger partial charge in [0.2, 0.25) is 0 Å². The number of hydrogen-bond acceptors (Lipinski definition) is 4. The van der Waals surface area contributed by atoms with Crippen LogP contribution >= 0.6 is 15.9 Å². The van der Waals surface area contributed by atoms with Crippen LogP contribution in [0.25, 0.3) is 5.65 Å². The number of hydrogen-bond donors (Lipinski definition) is 0. The highest BCUT2D eigenvalue weighted by atomic mass is 79.9. The van der Waals surface area contributed by atoms with Crippen LogP contribution < -0.4 is 0 Å². The normalized spacial score (nSPS) is 15.4. The molecule has 9 heteroatoms. The zero-order chi connectivity index (χ0) is 19.0. The van der Waals surface area contributed by atoms with Crippen molar-refractivity contribution in [2.24, 2.45) is 0 Å². The number of aromatic nitrogens is 3. The van der Waals surface area contributed by atoms with Crippen molar-refractivity contribution in [1.29, 1.82) is 0 Å². The third kappa shape index (κ3) is 3.70. The topological polar surface area (TPSA) is 53.7 Å². The summed E-state index contributed by atoms with van der Waals surface area (Å²) in [6.45, 7) is 2.48. The van der Waals surface area contributed by atoms with E-state index in [1.807, 2.05) is 4.90 Å². The lowest BCUT2D eigenvalue weighted by Gasteiger charge is -2.34. The maximum absolute atomic E-state index is 13.8. The number of halogens is 3. The second kappa shape index (κ2) is 7.32. The summed E-state index contributed by atoms with van der Waals surface area (Å²) in [7, 11) is 0. The van der Waals surface area contributed by atoms with Crippen molar-refractivity contribution in [1.82, 2.24) is 24.4 Å². The molecule has 0 atom stereocenters. The van der Waals surface area contributed by atoms with Crippen molar-refractivity contribution in [2.75, 3.05) is 26.2 Å². The third-order valence-corrected chi connectivity index (χ3v) is 5.00. The Morgan fingerprint density at radius 1 is 1.19 bits per heavy atom. The van der Waals surface area contributed by atoms with E-state index in [0.717, 1.165) is 10.5 Å². The first-order chi connectivity index (χ1) is 13.0. The van der Waals surface area contributed by atoms with Gasteiger partial charge in [0, 0.05) is 56.7 Å². The summed E-state index contributed by atoms with van der Waals surface area (Å²) in [5, 5.41) is 4.28. The molecule has 140 valence electrons. The molecule has 4 rings (SSSR count). The Labute approximate surface area is 162 Å². The van der Waals surface area contributed by atoms with Crippen LogP contribution in [0, 0.1) is 11.6 Å². The predicted octanol–water partition coefficient (Wildman–Crippen LogP) is 2.73. The van der Waals surface area contributed by atoms with Gasteiger partial charge < -0.3 is 4.90 Å². The van der Waals surface area contributed by atoms with E-state index in [1.54, 1.807) is 33.9 Å². The molecule has 0 spiro atoms. The lowest BCUT2D eigenvalue weighted by Crippen LogP contribution is -2.48. The second-order valence-electron chi connectivity index (χ2n) is 6.39. The number of rotatable bonds is 3. The summed E-state index contributed by atoms with van der Waals surface area (Å²) in [6.07, 6.45) is 3.39. The molecular weight excluding hydrogens is 420 g/mol. The van der Waals surface area contributed by atoms with E-state index in [2.05, 4.69) is 26.0 Å². The van der Waals surface area contributed by atoms with Crippen LogP contribution in [0.2, 0.25) is 0 Å². The number of fused-ring (bicyclic) bond motifs is 1. The molecule has 27 heavy (non-hydrogen) atoms. The van der Waals surface area contributed by atoms with Gasteiger partial charge in [0.1, 0.15) is 0 Å². The molecule has 0 saturated carbocycles. The monoisotopic (exact) mass is 435 g/mol. The Morgan fingerprint density at radius 3 is 2.74 bits per heavy atom. The number of nitrogens with zero attached hydrogens (tertiary/aromatic N) is 5. The van der Waals surface area contributed by atoms with E-state index in [-0.39, 0.29) is 5.91 Å². The average Bonchev–Trinajstić information content (AvgIpc) is 3.08. The number of amides is 1. The van der Waals surface area contributed by atoms with Crippen LogP contribution in [0.5, 0.6) is 0 Å².